The molecule has 0 radical (unpaired) electrons. The minimum Gasteiger partial charge on any atom is -0.353 e. The van der Waals surface area contributed by atoms with Crippen LogP contribution in [0.4, 0.5) is 5.95 Å². The molecule has 2 heterocycles. The zero-order valence-electron chi connectivity index (χ0n) is 6.04. The van der Waals surface area contributed by atoms with Gasteiger partial charge in [-0.3, -0.25) is 0 Å². The maximum atomic E-state index is 4.16. The summed E-state index contributed by atoms with van der Waals surface area (Å²) in [5, 5.41) is 3.29. The summed E-state index contributed by atoms with van der Waals surface area (Å²) in [4.78, 5) is 4.16. The predicted molar refractivity (Wildman–Crippen MR) is 39.9 cm³/mol. The summed E-state index contributed by atoms with van der Waals surface area (Å²) >= 11 is 0. The highest BCUT2D eigenvalue weighted by molar-refractivity contribution is 5.29. The van der Waals surface area contributed by atoms with Crippen LogP contribution in [0.25, 0.3) is 0 Å². The summed E-state index contributed by atoms with van der Waals surface area (Å²) < 4.78 is 2.14. The van der Waals surface area contributed by atoms with Crippen LogP contribution in [0.1, 0.15) is 13.3 Å². The monoisotopic (exact) mass is 137 g/mol. The Morgan fingerprint density at radius 1 is 1.80 bits per heavy atom. The van der Waals surface area contributed by atoms with Crippen molar-refractivity contribution in [1.29, 1.82) is 0 Å². The molecule has 1 aromatic rings. The van der Waals surface area contributed by atoms with E-state index in [9.17, 15) is 0 Å². The quantitative estimate of drug-likeness (QED) is 0.580. The topological polar surface area (TPSA) is 29.9 Å². The molecule has 0 spiro atoms. The molecule has 0 saturated heterocycles. The molecule has 1 N–H and O–H groups in total. The third-order valence-corrected chi connectivity index (χ3v) is 1.89. The number of hydrogen-bond acceptors (Lipinski definition) is 2. The number of rotatable bonds is 0. The van der Waals surface area contributed by atoms with Crippen molar-refractivity contribution >= 4 is 5.95 Å². The van der Waals surface area contributed by atoms with Crippen molar-refractivity contribution in [3.63, 3.8) is 0 Å². The number of hydrogen-bond donors (Lipinski definition) is 1. The van der Waals surface area contributed by atoms with Gasteiger partial charge in [-0.2, -0.15) is 0 Å². The van der Waals surface area contributed by atoms with Crippen LogP contribution in [-0.2, 0) is 6.54 Å². The molecule has 0 fully saturated rings. The maximum Gasteiger partial charge on any atom is 0.202 e. The number of fused-ring (bicyclic) bond motifs is 1. The van der Waals surface area contributed by atoms with Crippen LogP contribution in [0, 0.1) is 0 Å². The Hall–Kier alpha value is -0.990. The van der Waals surface area contributed by atoms with Gasteiger partial charge in [0.1, 0.15) is 0 Å². The molecule has 54 valence electrons. The lowest BCUT2D eigenvalue weighted by atomic mass is 10.2. The summed E-state index contributed by atoms with van der Waals surface area (Å²) in [6, 6.07) is 0.579. The van der Waals surface area contributed by atoms with Crippen molar-refractivity contribution in [1.82, 2.24) is 9.55 Å². The van der Waals surface area contributed by atoms with Crippen LogP contribution in [0.15, 0.2) is 12.4 Å². The van der Waals surface area contributed by atoms with Crippen LogP contribution in [0.2, 0.25) is 0 Å². The summed E-state index contributed by atoms with van der Waals surface area (Å²) in [5.41, 5.74) is 0. The SMILES string of the molecule is CC1CCn2ccnc2N1. The van der Waals surface area contributed by atoms with Gasteiger partial charge >= 0.3 is 0 Å². The molecular formula is C7H11N3. The van der Waals surface area contributed by atoms with Gasteiger partial charge in [0.2, 0.25) is 5.95 Å². The normalized spacial score (nSPS) is 23.5. The van der Waals surface area contributed by atoms with Crippen molar-refractivity contribution in [2.24, 2.45) is 0 Å². The van der Waals surface area contributed by atoms with Crippen molar-refractivity contribution in [2.45, 2.75) is 25.9 Å². The van der Waals surface area contributed by atoms with Gasteiger partial charge in [-0.05, 0) is 13.3 Å². The Bertz CT molecular complexity index is 229. The summed E-state index contributed by atoms with van der Waals surface area (Å²) in [5.74, 6) is 1.01. The van der Waals surface area contributed by atoms with Gasteiger partial charge < -0.3 is 9.88 Å². The van der Waals surface area contributed by atoms with Gasteiger partial charge in [0.25, 0.3) is 0 Å². The average molecular weight is 137 g/mol. The van der Waals surface area contributed by atoms with E-state index in [4.69, 9.17) is 0 Å². The van der Waals surface area contributed by atoms with Gasteiger partial charge in [-0.15, -0.1) is 0 Å². The first-order chi connectivity index (χ1) is 4.86. The van der Waals surface area contributed by atoms with Crippen molar-refractivity contribution in [3.8, 4) is 0 Å². The Balaban J connectivity index is 2.30. The van der Waals surface area contributed by atoms with Gasteiger partial charge in [-0.1, -0.05) is 0 Å². The third kappa shape index (κ3) is 0.781. The molecule has 1 unspecified atom stereocenters. The molecule has 1 aliphatic rings. The molecule has 0 bridgehead atoms. The molecule has 3 nitrogen and oxygen atoms in total. The van der Waals surface area contributed by atoms with Crippen LogP contribution >= 0.6 is 0 Å². The first kappa shape index (κ1) is 5.77. The van der Waals surface area contributed by atoms with E-state index in [0.717, 1.165) is 12.5 Å². The van der Waals surface area contributed by atoms with E-state index in [0.29, 0.717) is 6.04 Å². The minimum absolute atomic E-state index is 0.579. The zero-order chi connectivity index (χ0) is 6.97. The Morgan fingerprint density at radius 3 is 3.60 bits per heavy atom. The van der Waals surface area contributed by atoms with Gasteiger partial charge in [0.05, 0.1) is 0 Å². The molecule has 2 rings (SSSR count). The van der Waals surface area contributed by atoms with Gasteiger partial charge in [0.15, 0.2) is 0 Å². The Kier molecular flexibility index (Phi) is 1.16. The van der Waals surface area contributed by atoms with E-state index in [1.54, 1.807) is 0 Å². The van der Waals surface area contributed by atoms with Crippen molar-refractivity contribution in [3.05, 3.63) is 12.4 Å². The average Bonchev–Trinajstić information content (AvgIpc) is 2.33. The van der Waals surface area contributed by atoms with E-state index in [1.165, 1.54) is 6.42 Å². The Labute approximate surface area is 60.1 Å². The molecular weight excluding hydrogens is 126 g/mol. The van der Waals surface area contributed by atoms with E-state index in [-0.39, 0.29) is 0 Å². The zero-order valence-corrected chi connectivity index (χ0v) is 6.04. The van der Waals surface area contributed by atoms with Crippen molar-refractivity contribution < 1.29 is 0 Å². The standard InChI is InChI=1S/C7H11N3/c1-6-2-4-10-5-3-8-7(10)9-6/h3,5-6H,2,4H2,1H3,(H,8,9). The molecule has 3 heteroatoms. The Morgan fingerprint density at radius 2 is 2.70 bits per heavy atom. The predicted octanol–water partition coefficient (Wildman–Crippen LogP) is 1.09. The largest absolute Gasteiger partial charge is 0.353 e. The molecule has 1 aromatic heterocycles. The second kappa shape index (κ2) is 2.01. The second-order valence-electron chi connectivity index (χ2n) is 2.78. The summed E-state index contributed by atoms with van der Waals surface area (Å²) in [6.45, 7) is 3.28. The van der Waals surface area contributed by atoms with E-state index in [1.807, 2.05) is 12.4 Å². The highest BCUT2D eigenvalue weighted by Gasteiger charge is 2.12. The molecule has 10 heavy (non-hydrogen) atoms. The lowest BCUT2D eigenvalue weighted by Crippen LogP contribution is -2.25. The fourth-order valence-electron chi connectivity index (χ4n) is 1.26. The van der Waals surface area contributed by atoms with Crippen LogP contribution in [0.3, 0.4) is 0 Å². The third-order valence-electron chi connectivity index (χ3n) is 1.89. The number of aromatic nitrogens is 2. The second-order valence-corrected chi connectivity index (χ2v) is 2.78. The molecule has 0 amide bonds. The highest BCUT2D eigenvalue weighted by atomic mass is 15.2. The molecule has 0 aliphatic carbocycles. The minimum atomic E-state index is 0.579. The first-order valence-electron chi connectivity index (χ1n) is 3.64. The molecule has 1 atom stereocenters. The highest BCUT2D eigenvalue weighted by Crippen LogP contribution is 2.14. The lowest BCUT2D eigenvalue weighted by Gasteiger charge is -2.21. The summed E-state index contributed by atoms with van der Waals surface area (Å²) in [6.07, 6.45) is 5.04. The number of aryl methyl sites for hydroxylation is 1. The van der Waals surface area contributed by atoms with Crippen LogP contribution < -0.4 is 5.32 Å². The number of anilines is 1. The fraction of sp³-hybridized carbons (Fsp3) is 0.571. The number of nitrogens with zero attached hydrogens (tertiary/aromatic N) is 2. The molecule has 1 aliphatic heterocycles. The van der Waals surface area contributed by atoms with Gasteiger partial charge in [0, 0.05) is 25.0 Å². The smallest absolute Gasteiger partial charge is 0.202 e. The van der Waals surface area contributed by atoms with Crippen LogP contribution in [-0.4, -0.2) is 15.6 Å². The van der Waals surface area contributed by atoms with Crippen molar-refractivity contribution in [2.75, 3.05) is 5.32 Å². The number of nitrogens with one attached hydrogen (secondary N) is 1. The van der Waals surface area contributed by atoms with Gasteiger partial charge in [-0.25, -0.2) is 4.98 Å². The first-order valence-corrected chi connectivity index (χ1v) is 3.64. The van der Waals surface area contributed by atoms with E-state index >= 15 is 0 Å². The summed E-state index contributed by atoms with van der Waals surface area (Å²) in [7, 11) is 0. The van der Waals surface area contributed by atoms with E-state index < -0.39 is 0 Å². The van der Waals surface area contributed by atoms with E-state index in [2.05, 4.69) is 21.8 Å². The maximum absolute atomic E-state index is 4.16. The molecule has 0 saturated carbocycles. The lowest BCUT2D eigenvalue weighted by molar-refractivity contribution is 0.552. The fourth-order valence-corrected chi connectivity index (χ4v) is 1.26. The molecule has 0 aromatic carbocycles. The van der Waals surface area contributed by atoms with Crippen LogP contribution in [0.5, 0.6) is 0 Å². The number of imidazole rings is 1.